The predicted octanol–water partition coefficient (Wildman–Crippen LogP) is 1.96. The van der Waals surface area contributed by atoms with Crippen molar-refractivity contribution in [3.05, 3.63) is 33.1 Å². The average molecular weight is 243 g/mol. The molecule has 5 nitrogen and oxygen atoms in total. The first-order valence-electron chi connectivity index (χ1n) is 5.05. The van der Waals surface area contributed by atoms with Gasteiger partial charge >= 0.3 is 0 Å². The van der Waals surface area contributed by atoms with Gasteiger partial charge in [0.1, 0.15) is 5.69 Å². The standard InChI is InChI=1S/C10H11ClN2O3/c11-7-3-9(13(15)16)8(12-5-7)4-10(14)6-1-2-6/h3,5-6,10,14H,1-2,4H2. The average Bonchev–Trinajstić information content (AvgIpc) is 3.03. The third-order valence-electron chi connectivity index (χ3n) is 2.68. The number of nitro groups is 1. The van der Waals surface area contributed by atoms with Crippen LogP contribution in [0.1, 0.15) is 18.5 Å². The lowest BCUT2D eigenvalue weighted by Crippen LogP contribution is -2.15. The summed E-state index contributed by atoms with van der Waals surface area (Å²) in [5.74, 6) is 0.275. The van der Waals surface area contributed by atoms with E-state index in [2.05, 4.69) is 4.98 Å². The van der Waals surface area contributed by atoms with Crippen LogP contribution in [0.3, 0.4) is 0 Å². The smallest absolute Gasteiger partial charge is 0.292 e. The van der Waals surface area contributed by atoms with E-state index in [4.69, 9.17) is 11.6 Å². The SMILES string of the molecule is O=[N+]([O-])c1cc(Cl)cnc1CC(O)C1CC1. The van der Waals surface area contributed by atoms with Crippen molar-refractivity contribution in [3.8, 4) is 0 Å². The minimum atomic E-state index is -0.535. The summed E-state index contributed by atoms with van der Waals surface area (Å²) in [5, 5.41) is 20.7. The molecule has 0 radical (unpaired) electrons. The van der Waals surface area contributed by atoms with Crippen LogP contribution in [0.2, 0.25) is 5.02 Å². The van der Waals surface area contributed by atoms with Crippen molar-refractivity contribution in [1.29, 1.82) is 0 Å². The first-order valence-corrected chi connectivity index (χ1v) is 5.42. The zero-order valence-corrected chi connectivity index (χ0v) is 9.22. The van der Waals surface area contributed by atoms with E-state index in [0.29, 0.717) is 5.69 Å². The number of aliphatic hydroxyl groups excluding tert-OH is 1. The number of hydrogen-bond donors (Lipinski definition) is 1. The van der Waals surface area contributed by atoms with Gasteiger partial charge in [0, 0.05) is 18.7 Å². The van der Waals surface area contributed by atoms with Crippen LogP contribution in [0, 0.1) is 16.0 Å². The molecule has 1 aliphatic carbocycles. The van der Waals surface area contributed by atoms with E-state index in [1.54, 1.807) is 0 Å². The molecule has 1 fully saturated rings. The maximum atomic E-state index is 10.8. The van der Waals surface area contributed by atoms with Gasteiger partial charge in [-0.2, -0.15) is 0 Å². The molecule has 1 unspecified atom stereocenters. The van der Waals surface area contributed by atoms with E-state index in [1.807, 2.05) is 0 Å². The van der Waals surface area contributed by atoms with Crippen molar-refractivity contribution in [3.63, 3.8) is 0 Å². The largest absolute Gasteiger partial charge is 0.392 e. The predicted molar refractivity (Wildman–Crippen MR) is 58.3 cm³/mol. The minimum absolute atomic E-state index is 0.118. The van der Waals surface area contributed by atoms with Crippen LogP contribution in [-0.4, -0.2) is 21.1 Å². The summed E-state index contributed by atoms with van der Waals surface area (Å²) in [4.78, 5) is 14.2. The Morgan fingerprint density at radius 3 is 2.94 bits per heavy atom. The second-order valence-electron chi connectivity index (χ2n) is 3.99. The number of aliphatic hydroxyl groups is 1. The van der Waals surface area contributed by atoms with Crippen LogP contribution >= 0.6 is 11.6 Å². The van der Waals surface area contributed by atoms with E-state index in [9.17, 15) is 15.2 Å². The Bertz CT molecular complexity index is 421. The Hall–Kier alpha value is -1.20. The Morgan fingerprint density at radius 2 is 2.38 bits per heavy atom. The van der Waals surface area contributed by atoms with E-state index in [-0.39, 0.29) is 23.0 Å². The van der Waals surface area contributed by atoms with Gasteiger partial charge in [-0.05, 0) is 18.8 Å². The van der Waals surface area contributed by atoms with E-state index in [1.165, 1.54) is 12.3 Å². The molecule has 0 saturated heterocycles. The highest BCUT2D eigenvalue weighted by Gasteiger charge is 2.31. The fraction of sp³-hybridized carbons (Fsp3) is 0.500. The Balaban J connectivity index is 2.21. The number of pyridine rings is 1. The Labute approximate surface area is 97.2 Å². The molecular weight excluding hydrogens is 232 g/mol. The van der Waals surface area contributed by atoms with Crippen LogP contribution in [0.15, 0.2) is 12.3 Å². The van der Waals surface area contributed by atoms with E-state index in [0.717, 1.165) is 12.8 Å². The van der Waals surface area contributed by atoms with Crippen molar-refractivity contribution >= 4 is 17.3 Å². The monoisotopic (exact) mass is 242 g/mol. The number of halogens is 1. The summed E-state index contributed by atoms with van der Waals surface area (Å²) in [6.07, 6.45) is 3.03. The molecular formula is C10H11ClN2O3. The summed E-state index contributed by atoms with van der Waals surface area (Å²) >= 11 is 5.64. The van der Waals surface area contributed by atoms with Gasteiger partial charge in [0.05, 0.1) is 16.0 Å². The van der Waals surface area contributed by atoms with Gasteiger partial charge in [-0.3, -0.25) is 15.1 Å². The molecule has 1 N–H and O–H groups in total. The quantitative estimate of drug-likeness (QED) is 0.647. The lowest BCUT2D eigenvalue weighted by atomic mass is 10.1. The molecule has 1 aromatic heterocycles. The second-order valence-corrected chi connectivity index (χ2v) is 4.42. The van der Waals surface area contributed by atoms with E-state index < -0.39 is 11.0 Å². The molecule has 1 aliphatic rings. The number of rotatable bonds is 4. The molecule has 1 atom stereocenters. The van der Waals surface area contributed by atoms with Crippen molar-refractivity contribution in [2.75, 3.05) is 0 Å². The fourth-order valence-electron chi connectivity index (χ4n) is 1.62. The second kappa shape index (κ2) is 4.35. The lowest BCUT2D eigenvalue weighted by molar-refractivity contribution is -0.386. The molecule has 1 aromatic rings. The van der Waals surface area contributed by atoms with Crippen LogP contribution < -0.4 is 0 Å². The van der Waals surface area contributed by atoms with Gasteiger partial charge in [-0.25, -0.2) is 0 Å². The fourth-order valence-corrected chi connectivity index (χ4v) is 1.77. The Kier molecular flexibility index (Phi) is 3.07. The molecule has 16 heavy (non-hydrogen) atoms. The maximum Gasteiger partial charge on any atom is 0.292 e. The molecule has 86 valence electrons. The Morgan fingerprint density at radius 1 is 1.69 bits per heavy atom. The molecule has 0 amide bonds. The first-order chi connectivity index (χ1) is 7.58. The maximum absolute atomic E-state index is 10.8. The van der Waals surface area contributed by atoms with Crippen molar-refractivity contribution < 1.29 is 10.0 Å². The highest BCUT2D eigenvalue weighted by atomic mass is 35.5. The molecule has 6 heteroatoms. The highest BCUT2D eigenvalue weighted by Crippen LogP contribution is 2.35. The van der Waals surface area contributed by atoms with Crippen molar-refractivity contribution in [2.45, 2.75) is 25.4 Å². The summed E-state index contributed by atoms with van der Waals surface area (Å²) in [5.41, 5.74) is 0.181. The molecule has 0 aromatic carbocycles. The molecule has 0 bridgehead atoms. The highest BCUT2D eigenvalue weighted by molar-refractivity contribution is 6.30. The molecule has 1 saturated carbocycles. The van der Waals surface area contributed by atoms with Gasteiger partial charge in [-0.15, -0.1) is 0 Å². The van der Waals surface area contributed by atoms with Crippen LogP contribution in [0.4, 0.5) is 5.69 Å². The van der Waals surface area contributed by atoms with Crippen LogP contribution in [0.25, 0.3) is 0 Å². The number of hydrogen-bond acceptors (Lipinski definition) is 4. The summed E-state index contributed by atoms with van der Waals surface area (Å²) in [7, 11) is 0. The van der Waals surface area contributed by atoms with Gasteiger partial charge < -0.3 is 5.11 Å². The van der Waals surface area contributed by atoms with Crippen molar-refractivity contribution in [1.82, 2.24) is 4.98 Å². The van der Waals surface area contributed by atoms with Gasteiger partial charge in [0.15, 0.2) is 0 Å². The van der Waals surface area contributed by atoms with Crippen molar-refractivity contribution in [2.24, 2.45) is 5.92 Å². The molecule has 0 spiro atoms. The number of nitrogens with zero attached hydrogens (tertiary/aromatic N) is 2. The number of aromatic nitrogens is 1. The summed E-state index contributed by atoms with van der Waals surface area (Å²) < 4.78 is 0. The van der Waals surface area contributed by atoms with Gasteiger partial charge in [0.2, 0.25) is 0 Å². The van der Waals surface area contributed by atoms with Gasteiger partial charge in [0.25, 0.3) is 5.69 Å². The van der Waals surface area contributed by atoms with Crippen LogP contribution in [0.5, 0.6) is 0 Å². The van der Waals surface area contributed by atoms with Crippen LogP contribution in [-0.2, 0) is 6.42 Å². The molecule has 1 heterocycles. The topological polar surface area (TPSA) is 76.3 Å². The van der Waals surface area contributed by atoms with Gasteiger partial charge in [-0.1, -0.05) is 11.6 Å². The first kappa shape index (κ1) is 11.3. The third-order valence-corrected chi connectivity index (χ3v) is 2.89. The molecule has 2 rings (SSSR count). The summed E-state index contributed by atoms with van der Waals surface area (Å²) in [6, 6.07) is 1.27. The summed E-state index contributed by atoms with van der Waals surface area (Å²) in [6.45, 7) is 0. The zero-order valence-electron chi connectivity index (χ0n) is 8.47. The minimum Gasteiger partial charge on any atom is -0.392 e. The normalized spacial score (nSPS) is 17.1. The van der Waals surface area contributed by atoms with E-state index >= 15 is 0 Å². The lowest BCUT2D eigenvalue weighted by Gasteiger charge is -2.08. The zero-order chi connectivity index (χ0) is 11.7. The molecule has 0 aliphatic heterocycles. The third kappa shape index (κ3) is 2.48.